The van der Waals surface area contributed by atoms with Crippen LogP contribution in [0.1, 0.15) is 12.0 Å². The number of carbonyl (C=O) groups is 1. The zero-order chi connectivity index (χ0) is 21.1. The summed E-state index contributed by atoms with van der Waals surface area (Å²) in [7, 11) is 2.17. The monoisotopic (exact) mass is 461 g/mol. The Morgan fingerprint density at radius 1 is 0.967 bits per heavy atom. The van der Waals surface area contributed by atoms with Gasteiger partial charge in [-0.3, -0.25) is 4.79 Å². The summed E-state index contributed by atoms with van der Waals surface area (Å²) >= 11 is 13.8. The number of halogens is 2. The largest absolute Gasteiger partial charge is 0.370 e. The molecule has 0 bridgehead atoms. The van der Waals surface area contributed by atoms with Crippen LogP contribution in [0.2, 0.25) is 10.0 Å². The molecule has 0 aliphatic carbocycles. The Labute approximate surface area is 192 Å². The number of carbonyl (C=O) groups excluding carboxylic acids is 1. The second kappa shape index (κ2) is 9.65. The van der Waals surface area contributed by atoms with Crippen molar-refractivity contribution < 1.29 is 4.79 Å². The van der Waals surface area contributed by atoms with E-state index in [-0.39, 0.29) is 5.91 Å². The fourth-order valence-corrected chi connectivity index (χ4v) is 5.10. The van der Waals surface area contributed by atoms with E-state index in [0.717, 1.165) is 54.5 Å². The van der Waals surface area contributed by atoms with Crippen molar-refractivity contribution in [3.63, 3.8) is 0 Å². The Bertz CT molecular complexity index is 965. The Morgan fingerprint density at radius 2 is 1.80 bits per heavy atom. The van der Waals surface area contributed by atoms with Gasteiger partial charge in [-0.15, -0.1) is 11.8 Å². The Hall–Kier alpha value is -1.66. The van der Waals surface area contributed by atoms with Crippen LogP contribution in [0.5, 0.6) is 0 Å². The molecule has 7 heteroatoms. The maximum atomic E-state index is 13.3. The minimum absolute atomic E-state index is 0.00930. The van der Waals surface area contributed by atoms with E-state index < -0.39 is 0 Å². The number of hydrogen-bond acceptors (Lipinski definition) is 4. The third kappa shape index (κ3) is 4.80. The van der Waals surface area contributed by atoms with Crippen LogP contribution in [0.25, 0.3) is 6.08 Å². The fourth-order valence-electron chi connectivity index (χ4n) is 3.87. The highest BCUT2D eigenvalue weighted by Gasteiger charge is 2.26. The first-order chi connectivity index (χ1) is 14.5. The van der Waals surface area contributed by atoms with Gasteiger partial charge in [0.2, 0.25) is 0 Å². The lowest BCUT2D eigenvalue weighted by atomic mass is 10.1. The van der Waals surface area contributed by atoms with Crippen molar-refractivity contribution in [2.75, 3.05) is 55.3 Å². The summed E-state index contributed by atoms with van der Waals surface area (Å²) in [5, 5.41) is 0.953. The van der Waals surface area contributed by atoms with Crippen molar-refractivity contribution in [3.8, 4) is 0 Å². The molecule has 158 valence electrons. The summed E-state index contributed by atoms with van der Waals surface area (Å²) in [6.07, 6.45) is 3.18. The van der Waals surface area contributed by atoms with Crippen LogP contribution >= 0.6 is 35.0 Å². The third-order valence-electron chi connectivity index (χ3n) is 5.53. The van der Waals surface area contributed by atoms with Crippen LogP contribution < -0.4 is 9.80 Å². The quantitative estimate of drug-likeness (QED) is 0.582. The molecule has 2 aromatic carbocycles. The molecule has 4 nitrogen and oxygen atoms in total. The van der Waals surface area contributed by atoms with Gasteiger partial charge in [0.1, 0.15) is 0 Å². The topological polar surface area (TPSA) is 26.8 Å². The van der Waals surface area contributed by atoms with Gasteiger partial charge in [-0.05, 0) is 55.9 Å². The van der Waals surface area contributed by atoms with E-state index >= 15 is 0 Å². The summed E-state index contributed by atoms with van der Waals surface area (Å²) < 4.78 is 0. The first kappa shape index (κ1) is 21.6. The molecular formula is C23H25Cl2N3OS. The normalized spacial score (nSPS) is 20.0. The van der Waals surface area contributed by atoms with E-state index in [9.17, 15) is 4.79 Å². The van der Waals surface area contributed by atoms with Gasteiger partial charge in [-0.1, -0.05) is 41.4 Å². The van der Waals surface area contributed by atoms with Gasteiger partial charge < -0.3 is 14.7 Å². The number of thioether (sulfide) groups is 1. The predicted octanol–water partition coefficient (Wildman–Crippen LogP) is 5.26. The average Bonchev–Trinajstić information content (AvgIpc) is 2.96. The number of rotatable bonds is 3. The summed E-state index contributed by atoms with van der Waals surface area (Å²) in [6.45, 7) is 4.84. The molecule has 2 fully saturated rings. The molecule has 0 spiro atoms. The van der Waals surface area contributed by atoms with Gasteiger partial charge >= 0.3 is 0 Å². The van der Waals surface area contributed by atoms with Crippen LogP contribution in [0.4, 0.5) is 11.4 Å². The second-order valence-electron chi connectivity index (χ2n) is 7.61. The molecule has 0 aromatic heterocycles. The van der Waals surface area contributed by atoms with Crippen molar-refractivity contribution in [2.24, 2.45) is 0 Å². The van der Waals surface area contributed by atoms with Gasteiger partial charge in [0.25, 0.3) is 5.91 Å². The Morgan fingerprint density at radius 3 is 2.63 bits per heavy atom. The Balaban J connectivity index is 1.61. The number of amides is 1. The van der Waals surface area contributed by atoms with Crippen molar-refractivity contribution >= 4 is 58.3 Å². The lowest BCUT2D eigenvalue weighted by Crippen LogP contribution is -2.37. The van der Waals surface area contributed by atoms with Gasteiger partial charge in [0.05, 0.1) is 15.0 Å². The summed E-state index contributed by atoms with van der Waals surface area (Å²) in [4.78, 5) is 20.6. The molecule has 0 atom stereocenters. The third-order valence-corrected chi connectivity index (χ3v) is 7.26. The van der Waals surface area contributed by atoms with Crippen LogP contribution in [-0.4, -0.2) is 56.3 Å². The van der Waals surface area contributed by atoms with E-state index in [1.54, 1.807) is 28.8 Å². The fraction of sp³-hybridized carbons (Fsp3) is 0.348. The van der Waals surface area contributed by atoms with Gasteiger partial charge in [-0.25, -0.2) is 0 Å². The first-order valence-electron chi connectivity index (χ1n) is 10.2. The van der Waals surface area contributed by atoms with Crippen LogP contribution in [0.15, 0.2) is 47.4 Å². The lowest BCUT2D eigenvalue weighted by molar-refractivity contribution is -0.114. The van der Waals surface area contributed by atoms with Gasteiger partial charge in [0.15, 0.2) is 0 Å². The van der Waals surface area contributed by atoms with Gasteiger partial charge in [0, 0.05) is 43.3 Å². The van der Waals surface area contributed by atoms with Crippen molar-refractivity contribution in [1.82, 2.24) is 4.90 Å². The predicted molar refractivity (Wildman–Crippen MR) is 130 cm³/mol. The smallest absolute Gasteiger partial charge is 0.264 e. The van der Waals surface area contributed by atoms with E-state index in [1.165, 1.54) is 5.69 Å². The molecule has 0 saturated carbocycles. The SMILES string of the molecule is CN1CCCN(c2ccccc2/C=C2\SCCN(c3ccc(Cl)c(Cl)c3)C2=O)CC1. The average molecular weight is 462 g/mol. The molecule has 30 heavy (non-hydrogen) atoms. The van der Waals surface area contributed by atoms with E-state index in [2.05, 4.69) is 35.0 Å². The molecule has 2 aromatic rings. The van der Waals surface area contributed by atoms with E-state index in [4.69, 9.17) is 23.2 Å². The van der Waals surface area contributed by atoms with Crippen LogP contribution in [0, 0.1) is 0 Å². The highest BCUT2D eigenvalue weighted by molar-refractivity contribution is 8.04. The van der Waals surface area contributed by atoms with Gasteiger partial charge in [-0.2, -0.15) is 0 Å². The highest BCUT2D eigenvalue weighted by atomic mass is 35.5. The number of para-hydroxylation sites is 1. The number of anilines is 2. The highest BCUT2D eigenvalue weighted by Crippen LogP contribution is 2.34. The first-order valence-corrected chi connectivity index (χ1v) is 11.9. The van der Waals surface area contributed by atoms with E-state index in [1.807, 2.05) is 18.2 Å². The molecule has 4 rings (SSSR count). The minimum Gasteiger partial charge on any atom is -0.370 e. The summed E-state index contributed by atoms with van der Waals surface area (Å²) in [6, 6.07) is 13.7. The maximum absolute atomic E-state index is 13.3. The standard InChI is InChI=1S/C23H25Cl2N3OS/c1-26-9-4-10-27(12-11-26)21-6-3-2-5-17(21)15-22-23(29)28(13-14-30-22)18-7-8-19(24)20(25)16-18/h2-3,5-8,15-16H,4,9-14H2,1H3/b22-15-. The van der Waals surface area contributed by atoms with Crippen LogP contribution in [-0.2, 0) is 4.79 Å². The second-order valence-corrected chi connectivity index (χ2v) is 9.57. The van der Waals surface area contributed by atoms with Crippen molar-refractivity contribution in [1.29, 1.82) is 0 Å². The summed E-state index contributed by atoms with van der Waals surface area (Å²) in [5.74, 6) is 0.851. The molecule has 0 radical (unpaired) electrons. The summed E-state index contributed by atoms with van der Waals surface area (Å²) in [5.41, 5.74) is 3.07. The number of hydrogen-bond donors (Lipinski definition) is 0. The molecule has 2 aliphatic heterocycles. The van der Waals surface area contributed by atoms with Crippen molar-refractivity contribution in [2.45, 2.75) is 6.42 Å². The number of nitrogens with zero attached hydrogens (tertiary/aromatic N) is 3. The minimum atomic E-state index is 0.00930. The number of benzene rings is 2. The lowest BCUT2D eigenvalue weighted by Gasteiger charge is -2.29. The van der Waals surface area contributed by atoms with Crippen LogP contribution in [0.3, 0.4) is 0 Å². The molecule has 0 unspecified atom stereocenters. The molecule has 2 heterocycles. The molecule has 2 saturated heterocycles. The van der Waals surface area contributed by atoms with Crippen molar-refractivity contribution in [3.05, 3.63) is 63.0 Å². The van der Waals surface area contributed by atoms with E-state index in [0.29, 0.717) is 16.6 Å². The number of likely N-dealkylation sites (N-methyl/N-ethyl adjacent to an activating group) is 1. The molecule has 1 amide bonds. The zero-order valence-corrected chi connectivity index (χ0v) is 19.3. The molecule has 2 aliphatic rings. The zero-order valence-electron chi connectivity index (χ0n) is 17.0. The molecular weight excluding hydrogens is 437 g/mol. The molecule has 0 N–H and O–H groups in total. The Kier molecular flexibility index (Phi) is 6.94. The maximum Gasteiger partial charge on any atom is 0.264 e.